The fourth-order valence-corrected chi connectivity index (χ4v) is 2.26. The molecule has 0 amide bonds. The molecule has 114 valence electrons. The molecular weight excluding hydrogens is 257 g/mol. The number of methoxy groups -OCH3 is 2. The van der Waals surface area contributed by atoms with E-state index in [1.54, 1.807) is 20.3 Å². The van der Waals surface area contributed by atoms with Gasteiger partial charge in [-0.15, -0.1) is 0 Å². The average molecular weight is 283 g/mol. The minimum absolute atomic E-state index is 0.113. The number of hydrogen-bond donors (Lipinski definition) is 1. The quantitative estimate of drug-likeness (QED) is 0.633. The van der Waals surface area contributed by atoms with Gasteiger partial charge in [-0.25, -0.2) is 4.39 Å². The number of ether oxygens (including phenoxy) is 2. The van der Waals surface area contributed by atoms with Crippen LogP contribution in [0.15, 0.2) is 24.3 Å². The molecule has 0 heterocycles. The Balaban J connectivity index is 2.52. The lowest BCUT2D eigenvalue weighted by Crippen LogP contribution is -2.25. The molecule has 20 heavy (non-hydrogen) atoms. The third-order valence-corrected chi connectivity index (χ3v) is 3.37. The van der Waals surface area contributed by atoms with E-state index in [0.29, 0.717) is 6.61 Å². The Morgan fingerprint density at radius 3 is 2.55 bits per heavy atom. The van der Waals surface area contributed by atoms with Crippen LogP contribution in [0.25, 0.3) is 0 Å². The molecule has 1 aromatic carbocycles. The molecule has 4 heteroatoms. The lowest BCUT2D eigenvalue weighted by molar-refractivity contribution is 0.190. The fourth-order valence-electron chi connectivity index (χ4n) is 2.26. The van der Waals surface area contributed by atoms with Crippen LogP contribution in [0.1, 0.15) is 30.7 Å². The summed E-state index contributed by atoms with van der Waals surface area (Å²) in [6.07, 6.45) is 3.02. The Kier molecular flexibility index (Phi) is 9.20. The van der Waals surface area contributed by atoms with Gasteiger partial charge in [0.15, 0.2) is 0 Å². The van der Waals surface area contributed by atoms with Crippen LogP contribution in [-0.4, -0.2) is 40.5 Å². The molecule has 1 atom stereocenters. The molecule has 0 saturated heterocycles. The smallest absolute Gasteiger partial charge is 0.126 e. The molecule has 1 rings (SSSR count). The van der Waals surface area contributed by atoms with Crippen LogP contribution in [0.3, 0.4) is 0 Å². The van der Waals surface area contributed by atoms with Gasteiger partial charge < -0.3 is 14.8 Å². The van der Waals surface area contributed by atoms with Crippen molar-refractivity contribution in [2.75, 3.05) is 40.5 Å². The second kappa shape index (κ2) is 10.8. The van der Waals surface area contributed by atoms with Crippen LogP contribution in [0.5, 0.6) is 0 Å². The van der Waals surface area contributed by atoms with E-state index in [2.05, 4.69) is 5.32 Å². The van der Waals surface area contributed by atoms with Gasteiger partial charge in [0.25, 0.3) is 0 Å². The monoisotopic (exact) mass is 283 g/mol. The summed E-state index contributed by atoms with van der Waals surface area (Å²) in [5.41, 5.74) is 0.801. The molecule has 0 fully saturated rings. The first-order valence-corrected chi connectivity index (χ1v) is 7.22. The van der Waals surface area contributed by atoms with Crippen LogP contribution >= 0.6 is 0 Å². The molecule has 1 unspecified atom stereocenters. The second-order valence-corrected chi connectivity index (χ2v) is 4.90. The molecule has 0 radical (unpaired) electrons. The maximum atomic E-state index is 13.9. The van der Waals surface area contributed by atoms with Crippen molar-refractivity contribution < 1.29 is 13.9 Å². The minimum atomic E-state index is -0.113. The Morgan fingerprint density at radius 1 is 1.10 bits per heavy atom. The predicted molar refractivity (Wildman–Crippen MR) is 79.6 cm³/mol. The summed E-state index contributed by atoms with van der Waals surface area (Å²) in [5, 5.41) is 3.33. The second-order valence-electron chi connectivity index (χ2n) is 4.90. The maximum absolute atomic E-state index is 13.9. The van der Waals surface area contributed by atoms with Crippen molar-refractivity contribution in [2.45, 2.75) is 25.2 Å². The molecule has 0 aromatic heterocycles. The van der Waals surface area contributed by atoms with Crippen LogP contribution in [0.2, 0.25) is 0 Å². The standard InChI is InChI=1S/C16H26FNO2/c1-19-11-6-5-7-14(13-18-10-12-20-2)15-8-3-4-9-16(15)17/h3-4,8-9,14,18H,5-7,10-13H2,1-2H3. The molecule has 0 saturated carbocycles. The number of benzene rings is 1. The van der Waals surface area contributed by atoms with E-state index in [0.717, 1.165) is 44.5 Å². The maximum Gasteiger partial charge on any atom is 0.126 e. The zero-order valence-electron chi connectivity index (χ0n) is 12.5. The van der Waals surface area contributed by atoms with Gasteiger partial charge in [0, 0.05) is 33.9 Å². The van der Waals surface area contributed by atoms with Crippen molar-refractivity contribution in [1.82, 2.24) is 5.32 Å². The molecule has 1 N–H and O–H groups in total. The first-order chi connectivity index (χ1) is 9.79. The van der Waals surface area contributed by atoms with Crippen molar-refractivity contribution in [3.05, 3.63) is 35.6 Å². The summed E-state index contributed by atoms with van der Waals surface area (Å²) in [7, 11) is 3.39. The van der Waals surface area contributed by atoms with Crippen molar-refractivity contribution in [2.24, 2.45) is 0 Å². The zero-order valence-corrected chi connectivity index (χ0v) is 12.5. The van der Waals surface area contributed by atoms with E-state index >= 15 is 0 Å². The van der Waals surface area contributed by atoms with E-state index in [1.807, 2.05) is 12.1 Å². The topological polar surface area (TPSA) is 30.5 Å². The summed E-state index contributed by atoms with van der Waals surface area (Å²) in [4.78, 5) is 0. The highest BCUT2D eigenvalue weighted by Crippen LogP contribution is 2.24. The van der Waals surface area contributed by atoms with Gasteiger partial charge in [0.2, 0.25) is 0 Å². The van der Waals surface area contributed by atoms with E-state index in [4.69, 9.17) is 9.47 Å². The molecule has 1 aromatic rings. The largest absolute Gasteiger partial charge is 0.385 e. The first-order valence-electron chi connectivity index (χ1n) is 7.22. The third kappa shape index (κ3) is 6.46. The van der Waals surface area contributed by atoms with Crippen molar-refractivity contribution in [3.63, 3.8) is 0 Å². The molecule has 0 aliphatic carbocycles. The minimum Gasteiger partial charge on any atom is -0.385 e. The zero-order chi connectivity index (χ0) is 14.6. The van der Waals surface area contributed by atoms with Gasteiger partial charge in [-0.05, 0) is 30.4 Å². The predicted octanol–water partition coefficient (Wildman–Crippen LogP) is 2.96. The fraction of sp³-hybridized carbons (Fsp3) is 0.625. The van der Waals surface area contributed by atoms with E-state index < -0.39 is 0 Å². The van der Waals surface area contributed by atoms with Crippen LogP contribution in [-0.2, 0) is 9.47 Å². The third-order valence-electron chi connectivity index (χ3n) is 3.37. The lowest BCUT2D eigenvalue weighted by Gasteiger charge is -2.19. The first kappa shape index (κ1) is 17.1. The number of rotatable bonds is 11. The highest BCUT2D eigenvalue weighted by Gasteiger charge is 2.14. The van der Waals surface area contributed by atoms with Crippen LogP contribution < -0.4 is 5.32 Å². The van der Waals surface area contributed by atoms with Gasteiger partial charge in [-0.3, -0.25) is 0 Å². The number of hydrogen-bond acceptors (Lipinski definition) is 3. The van der Waals surface area contributed by atoms with Gasteiger partial charge in [-0.1, -0.05) is 24.6 Å². The van der Waals surface area contributed by atoms with Crippen molar-refractivity contribution >= 4 is 0 Å². The Labute approximate surface area is 121 Å². The summed E-state index contributed by atoms with van der Waals surface area (Å²) in [6.45, 7) is 3.01. The molecule has 0 aliphatic heterocycles. The summed E-state index contributed by atoms with van der Waals surface area (Å²) < 4.78 is 24.0. The average Bonchev–Trinajstić information content (AvgIpc) is 2.46. The Bertz CT molecular complexity index is 348. The van der Waals surface area contributed by atoms with Gasteiger partial charge >= 0.3 is 0 Å². The summed E-state index contributed by atoms with van der Waals surface area (Å²) >= 11 is 0. The SMILES string of the molecule is COCCCCC(CNCCOC)c1ccccc1F. The van der Waals surface area contributed by atoms with E-state index in [9.17, 15) is 4.39 Å². The molecular formula is C16H26FNO2. The van der Waals surface area contributed by atoms with E-state index in [-0.39, 0.29) is 11.7 Å². The highest BCUT2D eigenvalue weighted by molar-refractivity contribution is 5.22. The highest BCUT2D eigenvalue weighted by atomic mass is 19.1. The molecule has 0 spiro atoms. The van der Waals surface area contributed by atoms with E-state index in [1.165, 1.54) is 6.07 Å². The normalized spacial score (nSPS) is 12.6. The number of nitrogens with one attached hydrogen (secondary N) is 1. The molecule has 0 bridgehead atoms. The van der Waals surface area contributed by atoms with Gasteiger partial charge in [0.1, 0.15) is 5.82 Å². The van der Waals surface area contributed by atoms with Crippen LogP contribution in [0.4, 0.5) is 4.39 Å². The molecule has 0 aliphatic rings. The Hall–Kier alpha value is -0.970. The van der Waals surface area contributed by atoms with Gasteiger partial charge in [0.05, 0.1) is 6.61 Å². The van der Waals surface area contributed by atoms with Crippen molar-refractivity contribution in [3.8, 4) is 0 Å². The van der Waals surface area contributed by atoms with Gasteiger partial charge in [-0.2, -0.15) is 0 Å². The number of halogens is 1. The molecule has 3 nitrogen and oxygen atoms in total. The lowest BCUT2D eigenvalue weighted by atomic mass is 9.93. The Morgan fingerprint density at radius 2 is 1.85 bits per heavy atom. The summed E-state index contributed by atoms with van der Waals surface area (Å²) in [5.74, 6) is 0.0858. The van der Waals surface area contributed by atoms with Crippen LogP contribution in [0, 0.1) is 5.82 Å². The van der Waals surface area contributed by atoms with Crippen molar-refractivity contribution in [1.29, 1.82) is 0 Å². The number of unbranched alkanes of at least 4 members (excludes halogenated alkanes) is 1. The summed E-state index contributed by atoms with van der Waals surface area (Å²) in [6, 6.07) is 7.05.